The van der Waals surface area contributed by atoms with Crippen LogP contribution in [0.4, 0.5) is 5.69 Å². The molecule has 10 heteroatoms. The minimum atomic E-state index is -0.665. The zero-order valence-corrected chi connectivity index (χ0v) is 23.3. The Morgan fingerprint density at radius 2 is 1.82 bits per heavy atom. The molecule has 0 unspecified atom stereocenters. The van der Waals surface area contributed by atoms with Gasteiger partial charge in [-0.3, -0.25) is 14.0 Å². The van der Waals surface area contributed by atoms with Crippen molar-refractivity contribution >= 4 is 34.0 Å². The molecule has 3 fully saturated rings. The van der Waals surface area contributed by atoms with Crippen molar-refractivity contribution in [1.82, 2.24) is 15.3 Å². The number of pyridine rings is 1. The maximum absolute atomic E-state index is 11.8. The number of amides is 1. The normalized spacial score (nSPS) is 18.9. The fourth-order valence-corrected chi connectivity index (χ4v) is 6.13. The van der Waals surface area contributed by atoms with Gasteiger partial charge in [-0.15, -0.1) is 0 Å². The van der Waals surface area contributed by atoms with Crippen molar-refractivity contribution in [2.45, 2.75) is 50.5 Å². The summed E-state index contributed by atoms with van der Waals surface area (Å²) in [5, 5.41) is 12.3. The second-order valence-electron chi connectivity index (χ2n) is 10.3. The summed E-state index contributed by atoms with van der Waals surface area (Å²) in [5.41, 5.74) is 3.16. The number of hydrogen-bond acceptors (Lipinski definition) is 7. The summed E-state index contributed by atoms with van der Waals surface area (Å²) < 4.78 is 17.0. The highest BCUT2D eigenvalue weighted by atomic mass is 35.5. The second kappa shape index (κ2) is 12.3. The van der Waals surface area contributed by atoms with E-state index in [1.165, 1.54) is 6.42 Å². The zero-order valence-electron chi connectivity index (χ0n) is 21.8. The molecule has 39 heavy (non-hydrogen) atoms. The monoisotopic (exact) mass is 565 g/mol. The lowest BCUT2D eigenvalue weighted by molar-refractivity contribution is -0.126. The van der Waals surface area contributed by atoms with Crippen LogP contribution in [0.15, 0.2) is 53.4 Å². The lowest BCUT2D eigenvalue weighted by Crippen LogP contribution is -2.40. The first kappa shape index (κ1) is 27.4. The number of nitriles is 1. The average Bonchev–Trinajstić information content (AvgIpc) is 3.57. The van der Waals surface area contributed by atoms with E-state index in [-0.39, 0.29) is 11.8 Å². The van der Waals surface area contributed by atoms with Crippen LogP contribution in [0.1, 0.15) is 44.9 Å². The molecule has 6 rings (SSSR count). The fraction of sp³-hybridized carbons (Fsp3) is 0.448. The van der Waals surface area contributed by atoms with Crippen molar-refractivity contribution in [3.8, 4) is 28.8 Å². The minimum absolute atomic E-state index is 0.115. The van der Waals surface area contributed by atoms with Gasteiger partial charge < -0.3 is 14.6 Å². The highest BCUT2D eigenvalue weighted by Gasteiger charge is 2.45. The van der Waals surface area contributed by atoms with Crippen molar-refractivity contribution in [2.75, 3.05) is 29.5 Å². The van der Waals surface area contributed by atoms with E-state index in [4.69, 9.17) is 21.3 Å². The molecule has 3 heterocycles. The molecule has 1 N–H and O–H groups in total. The summed E-state index contributed by atoms with van der Waals surface area (Å²) in [4.78, 5) is 22.6. The molecule has 2 aromatic heterocycles. The first-order chi connectivity index (χ1) is 18.9. The Hall–Kier alpha value is -3.22. The molecule has 1 aromatic carbocycles. The van der Waals surface area contributed by atoms with Crippen LogP contribution in [0.5, 0.6) is 0 Å². The number of aromatic nitrogens is 2. The van der Waals surface area contributed by atoms with Gasteiger partial charge in [-0.2, -0.15) is 5.26 Å². The number of nitrogens with one attached hydrogen (secondary N) is 1. The third-order valence-electron chi connectivity index (χ3n) is 7.46. The highest BCUT2D eigenvalue weighted by molar-refractivity contribution is 7.85. The summed E-state index contributed by atoms with van der Waals surface area (Å²) in [6.07, 6.45) is 12.1. The van der Waals surface area contributed by atoms with Crippen LogP contribution in [0.25, 0.3) is 22.7 Å². The second-order valence-corrected chi connectivity index (χ2v) is 12.5. The Morgan fingerprint density at radius 3 is 2.46 bits per heavy atom. The van der Waals surface area contributed by atoms with E-state index < -0.39 is 16.3 Å². The number of nitrogens with zero attached hydrogens (tertiary/aromatic N) is 4. The van der Waals surface area contributed by atoms with E-state index in [0.717, 1.165) is 85.6 Å². The number of oxazole rings is 1. The van der Waals surface area contributed by atoms with Gasteiger partial charge in [0.15, 0.2) is 0 Å². The molecule has 8 nitrogen and oxygen atoms in total. The standard InChI is InChI=1S/C18H16ClN3O2S.C11H16N2O/c19-15-9-14(10-20-11-15)18-21-17(12-24-18)13-1-3-16(4-2-13)22-5-7-25(23)8-6-22;12-8-11(6-7-11)13-10(14)9-4-2-1-3-5-9/h1-4,9-12H,5-8H2;9H,1-7H2,(H,13,14). The number of hydrogen-bond donors (Lipinski definition) is 1. The van der Waals surface area contributed by atoms with Crippen LogP contribution in [-0.4, -0.2) is 50.2 Å². The number of halogens is 1. The molecule has 0 atom stereocenters. The predicted molar refractivity (Wildman–Crippen MR) is 153 cm³/mol. The Labute approximate surface area is 236 Å². The lowest BCUT2D eigenvalue weighted by atomic mass is 9.88. The number of rotatable bonds is 5. The number of anilines is 1. The van der Waals surface area contributed by atoms with Gasteiger partial charge in [0.05, 0.1) is 16.7 Å². The van der Waals surface area contributed by atoms with E-state index in [2.05, 4.69) is 38.4 Å². The maximum atomic E-state index is 11.8. The third-order valence-corrected chi connectivity index (χ3v) is 8.95. The quantitative estimate of drug-likeness (QED) is 0.443. The molecule has 2 aliphatic carbocycles. The minimum Gasteiger partial charge on any atom is -0.444 e. The van der Waals surface area contributed by atoms with Crippen LogP contribution in [0.3, 0.4) is 0 Å². The van der Waals surface area contributed by atoms with Crippen LogP contribution in [0.2, 0.25) is 5.02 Å². The Bertz CT molecular complexity index is 1350. The van der Waals surface area contributed by atoms with Crippen molar-refractivity contribution in [1.29, 1.82) is 5.26 Å². The molecule has 0 radical (unpaired) electrons. The number of carbonyl (C=O) groups is 1. The Morgan fingerprint density at radius 1 is 1.10 bits per heavy atom. The van der Waals surface area contributed by atoms with Crippen LogP contribution < -0.4 is 10.2 Å². The molecule has 1 amide bonds. The van der Waals surface area contributed by atoms with Crippen molar-refractivity contribution in [3.63, 3.8) is 0 Å². The van der Waals surface area contributed by atoms with E-state index in [1.54, 1.807) is 24.7 Å². The molecule has 3 aromatic rings. The first-order valence-electron chi connectivity index (χ1n) is 13.4. The molecule has 2 saturated carbocycles. The van der Waals surface area contributed by atoms with E-state index in [0.29, 0.717) is 10.9 Å². The van der Waals surface area contributed by atoms with Gasteiger partial charge in [0, 0.05) is 65.0 Å². The first-order valence-corrected chi connectivity index (χ1v) is 15.3. The predicted octanol–water partition coefficient (Wildman–Crippen LogP) is 5.36. The van der Waals surface area contributed by atoms with Crippen molar-refractivity contribution in [3.05, 3.63) is 54.0 Å². The summed E-state index contributed by atoms with van der Waals surface area (Å²) >= 11 is 5.96. The Balaban J connectivity index is 0.000000186. The smallest absolute Gasteiger partial charge is 0.228 e. The van der Waals surface area contributed by atoms with E-state index in [1.807, 2.05) is 12.1 Å². The molecule has 0 bridgehead atoms. The summed E-state index contributed by atoms with van der Waals surface area (Å²) in [6, 6.07) is 12.2. The van der Waals surface area contributed by atoms with Crippen LogP contribution in [-0.2, 0) is 15.6 Å². The van der Waals surface area contributed by atoms with Gasteiger partial charge in [0.1, 0.15) is 17.5 Å². The van der Waals surface area contributed by atoms with Gasteiger partial charge in [0.2, 0.25) is 11.8 Å². The molecule has 1 saturated heterocycles. The van der Waals surface area contributed by atoms with Crippen molar-refractivity contribution in [2.24, 2.45) is 5.92 Å². The van der Waals surface area contributed by atoms with Gasteiger partial charge in [-0.25, -0.2) is 4.98 Å². The fourth-order valence-electron chi connectivity index (χ4n) is 4.90. The van der Waals surface area contributed by atoms with Crippen LogP contribution >= 0.6 is 11.6 Å². The average molecular weight is 566 g/mol. The van der Waals surface area contributed by atoms with Gasteiger partial charge in [-0.05, 0) is 43.9 Å². The summed E-state index contributed by atoms with van der Waals surface area (Å²) in [6.45, 7) is 1.67. The Kier molecular flexibility index (Phi) is 8.63. The van der Waals surface area contributed by atoms with Crippen molar-refractivity contribution < 1.29 is 13.4 Å². The number of benzene rings is 1. The maximum Gasteiger partial charge on any atom is 0.228 e. The van der Waals surface area contributed by atoms with Gasteiger partial charge in [-0.1, -0.05) is 43.0 Å². The lowest BCUT2D eigenvalue weighted by Gasteiger charge is -2.28. The van der Waals surface area contributed by atoms with E-state index in [9.17, 15) is 9.00 Å². The topological polar surface area (TPSA) is 112 Å². The summed E-state index contributed by atoms with van der Waals surface area (Å²) in [5.74, 6) is 2.26. The SMILES string of the molecule is N#CC1(NC(=O)C2CCCCC2)CC1.O=S1CCN(c2ccc(-c3coc(-c4cncc(Cl)c4)n3)cc2)CC1. The molecule has 3 aliphatic rings. The molecular weight excluding hydrogens is 534 g/mol. The van der Waals surface area contributed by atoms with Crippen LogP contribution in [0, 0.1) is 17.2 Å². The molecular formula is C29H32ClN5O3S. The van der Waals surface area contributed by atoms with E-state index >= 15 is 0 Å². The molecule has 1 aliphatic heterocycles. The summed E-state index contributed by atoms with van der Waals surface area (Å²) in [7, 11) is -0.665. The highest BCUT2D eigenvalue weighted by Crippen LogP contribution is 2.35. The molecule has 204 valence electrons. The zero-order chi connectivity index (χ0) is 27.2. The third kappa shape index (κ3) is 7.06. The largest absolute Gasteiger partial charge is 0.444 e. The van der Waals surface area contributed by atoms with Gasteiger partial charge in [0.25, 0.3) is 0 Å². The molecule has 0 spiro atoms. The van der Waals surface area contributed by atoms with Gasteiger partial charge >= 0.3 is 0 Å². The number of carbonyl (C=O) groups excluding carboxylic acids is 1.